The molecule has 6 bridgehead atoms. The number of aliphatic imine (C=N–C) groups is 2. The smallest absolute Gasteiger partial charge is 0.119 e. The molecule has 0 amide bonds. The molecule has 5 heterocycles. The number of rotatable bonds is 0. The predicted octanol–water partition coefficient (Wildman–Crippen LogP) is 7.06. The van der Waals surface area contributed by atoms with Gasteiger partial charge < -0.3 is 9.47 Å². The maximum absolute atomic E-state index is 6.19. The Hall–Kier alpha value is -3.47. The summed E-state index contributed by atoms with van der Waals surface area (Å²) >= 11 is 0. The highest BCUT2D eigenvalue weighted by molar-refractivity contribution is 6.01. The lowest BCUT2D eigenvalue weighted by atomic mass is 9.69. The summed E-state index contributed by atoms with van der Waals surface area (Å²) in [7, 11) is 0. The Labute approximate surface area is 209 Å². The van der Waals surface area contributed by atoms with Gasteiger partial charge >= 0.3 is 0 Å². The Balaban J connectivity index is 1.68. The lowest BCUT2D eigenvalue weighted by Gasteiger charge is -2.41. The van der Waals surface area contributed by atoms with Crippen LogP contribution in [0.1, 0.15) is 58.5 Å². The summed E-state index contributed by atoms with van der Waals surface area (Å²) in [5.74, 6) is 1.69. The van der Waals surface area contributed by atoms with E-state index in [1.807, 2.05) is 68.4 Å². The summed E-state index contributed by atoms with van der Waals surface area (Å²) < 4.78 is 12.4. The van der Waals surface area contributed by atoms with Crippen LogP contribution in [0, 0.1) is 10.8 Å². The SMILES string of the molecule is CC1=NCc2ccc(cc2)OCC(C)(C)C(C)(C)COc2ccc(cc2)N=C(C)c2cccc1n2. The lowest BCUT2D eigenvalue weighted by molar-refractivity contribution is 0.0103. The van der Waals surface area contributed by atoms with Crippen molar-refractivity contribution < 1.29 is 9.47 Å². The third-order valence-electron chi connectivity index (χ3n) is 7.08. The van der Waals surface area contributed by atoms with Gasteiger partial charge in [0.05, 0.1) is 48.3 Å². The van der Waals surface area contributed by atoms with Gasteiger partial charge in [0.25, 0.3) is 0 Å². The monoisotopic (exact) mass is 469 g/mol. The molecule has 0 saturated heterocycles. The van der Waals surface area contributed by atoms with Crippen molar-refractivity contribution in [2.45, 2.75) is 48.1 Å². The van der Waals surface area contributed by atoms with Gasteiger partial charge in [-0.3, -0.25) is 9.98 Å². The molecule has 0 spiro atoms. The van der Waals surface area contributed by atoms with Crippen molar-refractivity contribution in [3.05, 3.63) is 83.7 Å². The van der Waals surface area contributed by atoms with E-state index in [1.165, 1.54) is 0 Å². The van der Waals surface area contributed by atoms with Crippen molar-refractivity contribution >= 4 is 17.1 Å². The van der Waals surface area contributed by atoms with Crippen LogP contribution in [0.2, 0.25) is 0 Å². The van der Waals surface area contributed by atoms with E-state index in [-0.39, 0.29) is 10.8 Å². The first-order chi connectivity index (χ1) is 16.6. The first-order valence-corrected chi connectivity index (χ1v) is 12.1. The number of aromatic nitrogens is 1. The fourth-order valence-electron chi connectivity index (χ4n) is 3.61. The molecule has 0 radical (unpaired) electrons. The highest BCUT2D eigenvalue weighted by Gasteiger charge is 2.38. The van der Waals surface area contributed by atoms with Gasteiger partial charge in [0.15, 0.2) is 0 Å². The van der Waals surface area contributed by atoms with Crippen LogP contribution in [0.3, 0.4) is 0 Å². The highest BCUT2D eigenvalue weighted by Crippen LogP contribution is 2.39. The van der Waals surface area contributed by atoms with Crippen molar-refractivity contribution in [1.29, 1.82) is 0 Å². The van der Waals surface area contributed by atoms with Crippen LogP contribution < -0.4 is 9.47 Å². The maximum Gasteiger partial charge on any atom is 0.119 e. The minimum atomic E-state index is -0.111. The van der Waals surface area contributed by atoms with Crippen molar-refractivity contribution in [3.63, 3.8) is 0 Å². The molecule has 0 N–H and O–H groups in total. The quantitative estimate of drug-likeness (QED) is 0.354. The summed E-state index contributed by atoms with van der Waals surface area (Å²) in [6.45, 7) is 14.6. The van der Waals surface area contributed by atoms with E-state index < -0.39 is 0 Å². The maximum atomic E-state index is 6.19. The Morgan fingerprint density at radius 1 is 0.657 bits per heavy atom. The van der Waals surface area contributed by atoms with Crippen LogP contribution in [0.25, 0.3) is 0 Å². The number of hydrogen-bond acceptors (Lipinski definition) is 5. The molecule has 4 aliphatic heterocycles. The summed E-state index contributed by atoms with van der Waals surface area (Å²) in [5.41, 5.74) is 5.22. The molecule has 5 nitrogen and oxygen atoms in total. The molecular formula is C30H35N3O2. The van der Waals surface area contributed by atoms with E-state index >= 15 is 0 Å². The number of benzene rings is 2. The molecular weight excluding hydrogens is 434 g/mol. The third-order valence-corrected chi connectivity index (χ3v) is 7.08. The van der Waals surface area contributed by atoms with E-state index in [1.54, 1.807) is 0 Å². The first kappa shape index (κ1) is 24.6. The topological polar surface area (TPSA) is 56.1 Å². The van der Waals surface area contributed by atoms with Crippen LogP contribution in [-0.4, -0.2) is 29.6 Å². The fourth-order valence-corrected chi connectivity index (χ4v) is 3.61. The summed E-state index contributed by atoms with van der Waals surface area (Å²) in [4.78, 5) is 14.3. The van der Waals surface area contributed by atoms with Crippen molar-refractivity contribution in [3.8, 4) is 11.5 Å². The molecule has 0 aliphatic carbocycles. The number of nitrogens with zero attached hydrogens (tertiary/aromatic N) is 3. The van der Waals surface area contributed by atoms with Crippen LogP contribution in [0.4, 0.5) is 5.69 Å². The fraction of sp³-hybridized carbons (Fsp3) is 0.367. The van der Waals surface area contributed by atoms with Crippen LogP contribution >= 0.6 is 0 Å². The average Bonchev–Trinajstić information content (AvgIpc) is 2.85. The minimum Gasteiger partial charge on any atom is -0.493 e. The second-order valence-electron chi connectivity index (χ2n) is 10.5. The second kappa shape index (κ2) is 10.0. The van der Waals surface area contributed by atoms with Crippen molar-refractivity contribution in [2.75, 3.05) is 13.2 Å². The average molecular weight is 470 g/mol. The zero-order valence-corrected chi connectivity index (χ0v) is 21.6. The molecule has 0 unspecified atom stereocenters. The Morgan fingerprint density at radius 3 is 1.74 bits per heavy atom. The molecule has 35 heavy (non-hydrogen) atoms. The van der Waals surface area contributed by atoms with E-state index in [9.17, 15) is 0 Å². The van der Waals surface area contributed by atoms with Gasteiger partial charge in [0.1, 0.15) is 11.5 Å². The summed E-state index contributed by atoms with van der Waals surface area (Å²) in [5, 5.41) is 0. The Kier molecular flexibility index (Phi) is 7.06. The van der Waals surface area contributed by atoms with Crippen molar-refractivity contribution in [2.24, 2.45) is 20.8 Å². The number of ether oxygens (including phenoxy) is 2. The van der Waals surface area contributed by atoms with Crippen LogP contribution in [0.15, 0.2) is 76.7 Å². The first-order valence-electron chi connectivity index (χ1n) is 12.1. The zero-order chi connectivity index (χ0) is 25.1. The molecule has 2 aromatic carbocycles. The van der Waals surface area contributed by atoms with E-state index in [0.717, 1.165) is 45.6 Å². The number of hydrogen-bond donors (Lipinski definition) is 0. The Bertz CT molecular complexity index is 1220. The molecule has 5 heteroatoms. The van der Waals surface area contributed by atoms with Crippen LogP contribution in [-0.2, 0) is 6.54 Å². The molecule has 4 aliphatic rings. The van der Waals surface area contributed by atoms with Crippen molar-refractivity contribution in [1.82, 2.24) is 4.98 Å². The lowest BCUT2D eigenvalue weighted by Crippen LogP contribution is -2.41. The Morgan fingerprint density at radius 2 is 1.17 bits per heavy atom. The molecule has 182 valence electrons. The van der Waals surface area contributed by atoms with E-state index in [2.05, 4.69) is 39.8 Å². The molecule has 1 aromatic heterocycles. The van der Waals surface area contributed by atoms with Gasteiger partial charge in [-0.15, -0.1) is 0 Å². The normalized spacial score (nSPS) is 17.8. The predicted molar refractivity (Wildman–Crippen MR) is 143 cm³/mol. The number of pyridine rings is 1. The standard InChI is InChI=1S/C30H35N3O2/c1-21-27-8-7-9-28(33-27)22(2)32-24-12-16-26(17-13-24)35-20-30(5,6)29(3,4)19-34-25-14-10-23(11-15-25)18-31-21/h7-17H,18-20H2,1-6H3. The van der Waals surface area contributed by atoms with Gasteiger partial charge in [-0.1, -0.05) is 45.9 Å². The molecule has 7 rings (SSSR count). The van der Waals surface area contributed by atoms with Crippen LogP contribution in [0.5, 0.6) is 11.5 Å². The molecule has 0 fully saturated rings. The molecule has 0 saturated carbocycles. The zero-order valence-electron chi connectivity index (χ0n) is 21.6. The third kappa shape index (κ3) is 5.97. The van der Waals surface area contributed by atoms with Gasteiger partial charge in [0.2, 0.25) is 0 Å². The largest absolute Gasteiger partial charge is 0.493 e. The van der Waals surface area contributed by atoms with Gasteiger partial charge in [-0.2, -0.15) is 0 Å². The summed E-state index contributed by atoms with van der Waals surface area (Å²) in [6.07, 6.45) is 0. The van der Waals surface area contributed by atoms with Gasteiger partial charge in [-0.25, -0.2) is 4.98 Å². The highest BCUT2D eigenvalue weighted by atomic mass is 16.5. The van der Waals surface area contributed by atoms with E-state index in [4.69, 9.17) is 24.4 Å². The molecule has 0 atom stereocenters. The summed E-state index contributed by atoms with van der Waals surface area (Å²) in [6, 6.07) is 22.1. The minimum absolute atomic E-state index is 0.106. The van der Waals surface area contributed by atoms with Gasteiger partial charge in [-0.05, 0) is 67.9 Å². The molecule has 3 aromatic rings. The van der Waals surface area contributed by atoms with Gasteiger partial charge in [0, 0.05) is 10.8 Å². The second-order valence-corrected chi connectivity index (χ2v) is 10.5. The van der Waals surface area contributed by atoms with E-state index in [0.29, 0.717) is 19.8 Å².